The smallest absolute Gasteiger partial charge is 0.407 e. The summed E-state index contributed by atoms with van der Waals surface area (Å²) in [4.78, 5) is 74.6. The van der Waals surface area contributed by atoms with Gasteiger partial charge in [0.1, 0.15) is 23.3 Å². The summed E-state index contributed by atoms with van der Waals surface area (Å²) in [5.41, 5.74) is 6.95. The van der Waals surface area contributed by atoms with Crippen LogP contribution < -0.4 is 32.3 Å². The number of nitrogens with one attached hydrogen (secondary N) is 5. The van der Waals surface area contributed by atoms with Crippen LogP contribution in [0, 0.1) is 6.92 Å². The number of nitrogens with two attached hydrogens (primary N) is 1. The van der Waals surface area contributed by atoms with E-state index < -0.39 is 63.9 Å². The third-order valence-electron chi connectivity index (χ3n) is 8.32. The highest BCUT2D eigenvalue weighted by Gasteiger charge is 2.48. The van der Waals surface area contributed by atoms with Crippen molar-refractivity contribution in [1.29, 1.82) is 0 Å². The van der Waals surface area contributed by atoms with Gasteiger partial charge in [-0.3, -0.25) is 29.3 Å². The lowest BCUT2D eigenvalue weighted by Crippen LogP contribution is -2.54. The largest absolute Gasteiger partial charge is 0.460 e. The second-order valence-corrected chi connectivity index (χ2v) is 19.9. The second kappa shape index (κ2) is 22.2. The molecule has 1 aliphatic heterocycles. The number of unbranched alkanes of at least 4 members (excludes halogenated alkanes) is 1. The molecule has 3 atom stereocenters. The zero-order chi connectivity index (χ0) is 43.1. The van der Waals surface area contributed by atoms with Crippen LogP contribution in [0.3, 0.4) is 0 Å². The van der Waals surface area contributed by atoms with Crippen molar-refractivity contribution in [2.75, 3.05) is 13.1 Å². The molecule has 5 amide bonds. The number of rotatable bonds is 17. The lowest BCUT2D eigenvalue weighted by Gasteiger charge is -2.25. The van der Waals surface area contributed by atoms with Crippen LogP contribution in [0.25, 0.3) is 0 Å². The van der Waals surface area contributed by atoms with Gasteiger partial charge in [-0.05, 0) is 113 Å². The molecule has 7 N–H and O–H groups in total. The Morgan fingerprint density at radius 3 is 1.93 bits per heavy atom. The first-order valence-corrected chi connectivity index (χ1v) is 20.3. The summed E-state index contributed by atoms with van der Waals surface area (Å²) >= 11 is 1.63. The standard InChI is InChI=1S/C31H56N6O8S.C10H14/c1-28(2,3)44-23(40)15-14-19(35-22(39)18-34-26(42)24-30(7,8)46-31(9,10)37-24)17-21(38)36-20(25(32)41)13-11-12-16-33-27(43)45-29(4,5)6;1-8(2)10-6-4-9(3)5-7-10/h19-20,24,37H,11-18H2,1-10H3,(H2,32,41)(H,33,43)(H,34,42)(H,35,39)(H,36,38);4-8H,1-3H3/t19-,20+,24?;/m0./s1. The van der Waals surface area contributed by atoms with E-state index in [0.29, 0.717) is 25.3 Å². The Balaban J connectivity index is 0.00000135. The monoisotopic (exact) mass is 806 g/mol. The van der Waals surface area contributed by atoms with Crippen molar-refractivity contribution in [3.8, 4) is 0 Å². The predicted molar refractivity (Wildman–Crippen MR) is 222 cm³/mol. The van der Waals surface area contributed by atoms with E-state index in [1.165, 1.54) is 11.1 Å². The number of alkyl carbamates (subject to hydrolysis) is 1. The Morgan fingerprint density at radius 2 is 1.43 bits per heavy atom. The fourth-order valence-corrected chi connectivity index (χ4v) is 7.57. The number of carbonyl (C=O) groups excluding carboxylic acids is 6. The van der Waals surface area contributed by atoms with Crippen molar-refractivity contribution >= 4 is 47.5 Å². The van der Waals surface area contributed by atoms with Crippen LogP contribution in [0.4, 0.5) is 4.79 Å². The number of primary amides is 1. The molecule has 56 heavy (non-hydrogen) atoms. The molecule has 318 valence electrons. The van der Waals surface area contributed by atoms with Crippen molar-refractivity contribution in [2.24, 2.45) is 5.73 Å². The number of amides is 5. The molecule has 0 aromatic heterocycles. The van der Waals surface area contributed by atoms with E-state index >= 15 is 0 Å². The topological polar surface area (TPSA) is 207 Å². The maximum atomic E-state index is 13.0. The SMILES string of the molecule is CC(C)(C)OC(=O)CC[C@@H](CC(=O)N[C@H](CCCCNC(=O)OC(C)(C)C)C(N)=O)NC(=O)CNC(=O)C1NC(C)(C)SC1(C)C.Cc1ccc(C(C)C)cc1. The average molecular weight is 807 g/mol. The molecule has 14 nitrogen and oxygen atoms in total. The Labute approximate surface area is 339 Å². The molecule has 1 aromatic rings. The quantitative estimate of drug-likeness (QED) is 0.0907. The number of hydrogen-bond donors (Lipinski definition) is 6. The van der Waals surface area contributed by atoms with E-state index in [1.54, 1.807) is 53.3 Å². The Kier molecular flexibility index (Phi) is 19.9. The van der Waals surface area contributed by atoms with E-state index in [1.807, 2.05) is 27.7 Å². The predicted octanol–water partition coefficient (Wildman–Crippen LogP) is 5.10. The highest BCUT2D eigenvalue weighted by Crippen LogP contribution is 2.44. The van der Waals surface area contributed by atoms with Gasteiger partial charge in [0.05, 0.1) is 11.4 Å². The van der Waals surface area contributed by atoms with Crippen LogP contribution in [0.2, 0.25) is 0 Å². The number of benzene rings is 1. The zero-order valence-electron chi connectivity index (χ0n) is 36.0. The minimum Gasteiger partial charge on any atom is -0.460 e. The molecule has 0 radical (unpaired) electrons. The van der Waals surface area contributed by atoms with Gasteiger partial charge in [0.25, 0.3) is 0 Å². The van der Waals surface area contributed by atoms with Gasteiger partial charge < -0.3 is 36.5 Å². The normalized spacial score (nSPS) is 17.0. The molecular formula is C41H70N6O8S. The maximum absolute atomic E-state index is 13.0. The second-order valence-electron chi connectivity index (χ2n) is 17.6. The Hall–Kier alpha value is -3.85. The number of thioether (sulfide) groups is 1. The van der Waals surface area contributed by atoms with Gasteiger partial charge in [-0.15, -0.1) is 11.8 Å². The minimum atomic E-state index is -0.972. The summed E-state index contributed by atoms with van der Waals surface area (Å²) in [6.45, 7) is 24.9. The molecular weight excluding hydrogens is 737 g/mol. The molecule has 15 heteroatoms. The first-order valence-electron chi connectivity index (χ1n) is 19.5. The maximum Gasteiger partial charge on any atom is 0.407 e. The molecule has 2 rings (SSSR count). The highest BCUT2D eigenvalue weighted by molar-refractivity contribution is 8.02. The summed E-state index contributed by atoms with van der Waals surface area (Å²) in [6, 6.07) is 6.43. The van der Waals surface area contributed by atoms with Gasteiger partial charge in [0.2, 0.25) is 23.6 Å². The molecule has 1 aliphatic rings. The van der Waals surface area contributed by atoms with Crippen molar-refractivity contribution in [3.05, 3.63) is 35.4 Å². The van der Waals surface area contributed by atoms with Gasteiger partial charge >= 0.3 is 12.1 Å². The van der Waals surface area contributed by atoms with E-state index in [2.05, 4.69) is 71.6 Å². The van der Waals surface area contributed by atoms with Gasteiger partial charge in [0, 0.05) is 30.2 Å². The van der Waals surface area contributed by atoms with Crippen molar-refractivity contribution in [1.82, 2.24) is 26.6 Å². The van der Waals surface area contributed by atoms with Crippen LogP contribution >= 0.6 is 11.8 Å². The number of ether oxygens (including phenoxy) is 2. The van der Waals surface area contributed by atoms with Gasteiger partial charge in [-0.2, -0.15) is 0 Å². The molecule has 1 unspecified atom stereocenters. The van der Waals surface area contributed by atoms with E-state index in [9.17, 15) is 28.8 Å². The summed E-state index contributed by atoms with van der Waals surface area (Å²) in [6.07, 6.45) is 0.453. The molecule has 1 fully saturated rings. The van der Waals surface area contributed by atoms with Crippen molar-refractivity contribution in [2.45, 2.75) is 173 Å². The van der Waals surface area contributed by atoms with Crippen molar-refractivity contribution < 1.29 is 38.2 Å². The summed E-state index contributed by atoms with van der Waals surface area (Å²) in [5, 5.41) is 13.9. The lowest BCUT2D eigenvalue weighted by molar-refractivity contribution is -0.155. The Bertz CT molecular complexity index is 1470. The molecule has 0 aliphatic carbocycles. The van der Waals surface area contributed by atoms with E-state index in [0.717, 1.165) is 0 Å². The third kappa shape index (κ3) is 21.5. The lowest BCUT2D eigenvalue weighted by atomic mass is 10.0. The van der Waals surface area contributed by atoms with Crippen LogP contribution in [0.15, 0.2) is 24.3 Å². The fraction of sp³-hybridized carbons (Fsp3) is 0.707. The van der Waals surface area contributed by atoms with Gasteiger partial charge in [-0.1, -0.05) is 43.7 Å². The molecule has 0 saturated carbocycles. The Morgan fingerprint density at radius 1 is 0.839 bits per heavy atom. The van der Waals surface area contributed by atoms with E-state index in [4.69, 9.17) is 15.2 Å². The fourth-order valence-electron chi connectivity index (χ4n) is 5.80. The molecule has 1 aromatic carbocycles. The number of hydrogen-bond acceptors (Lipinski definition) is 10. The molecule has 1 saturated heterocycles. The molecule has 0 spiro atoms. The van der Waals surface area contributed by atoms with Crippen LogP contribution in [-0.4, -0.2) is 87.7 Å². The van der Waals surface area contributed by atoms with Crippen LogP contribution in [-0.2, 0) is 33.4 Å². The molecule has 0 bridgehead atoms. The number of esters is 1. The number of aryl methyl sites for hydroxylation is 1. The van der Waals surface area contributed by atoms with Crippen molar-refractivity contribution in [3.63, 3.8) is 0 Å². The van der Waals surface area contributed by atoms with Gasteiger partial charge in [-0.25, -0.2) is 4.79 Å². The highest BCUT2D eigenvalue weighted by atomic mass is 32.2. The van der Waals surface area contributed by atoms with E-state index in [-0.39, 0.29) is 43.0 Å². The minimum absolute atomic E-state index is 0.0712. The summed E-state index contributed by atoms with van der Waals surface area (Å²) in [7, 11) is 0. The molecule has 1 heterocycles. The first kappa shape index (κ1) is 50.2. The number of carbonyl (C=O) groups is 6. The average Bonchev–Trinajstić information content (AvgIpc) is 3.26. The van der Waals surface area contributed by atoms with Gasteiger partial charge in [0.15, 0.2) is 0 Å². The van der Waals surface area contributed by atoms with Crippen LogP contribution in [0.5, 0.6) is 0 Å². The summed E-state index contributed by atoms with van der Waals surface area (Å²) in [5.74, 6) is -1.99. The zero-order valence-corrected chi connectivity index (χ0v) is 36.8. The van der Waals surface area contributed by atoms with Crippen LogP contribution in [0.1, 0.15) is 139 Å². The summed E-state index contributed by atoms with van der Waals surface area (Å²) < 4.78 is 10.1. The first-order chi connectivity index (χ1) is 25.6. The third-order valence-corrected chi connectivity index (χ3v) is 9.71.